The molecule has 0 radical (unpaired) electrons. The van der Waals surface area contributed by atoms with Crippen LogP contribution in [0.15, 0.2) is 16.7 Å². The average molecular weight is 241 g/mol. The van der Waals surface area contributed by atoms with E-state index in [9.17, 15) is 4.79 Å². The van der Waals surface area contributed by atoms with Crippen molar-refractivity contribution in [2.45, 2.75) is 6.54 Å². The molecular weight excluding hydrogens is 226 g/mol. The number of ether oxygens (including phenoxy) is 1. The second-order valence-corrected chi connectivity index (χ2v) is 4.88. The highest BCUT2D eigenvalue weighted by Gasteiger charge is 2.19. The molecule has 0 aromatic carbocycles. The maximum absolute atomic E-state index is 11.4. The largest absolute Gasteiger partial charge is 0.463 e. The number of esters is 1. The number of carbonyl (C=O) groups excluding carboxylic acids is 1. The van der Waals surface area contributed by atoms with Gasteiger partial charge in [0.2, 0.25) is 5.76 Å². The summed E-state index contributed by atoms with van der Waals surface area (Å²) in [6.45, 7) is 2.90. The summed E-state index contributed by atoms with van der Waals surface area (Å²) < 4.78 is 9.82. The van der Waals surface area contributed by atoms with Gasteiger partial charge >= 0.3 is 5.97 Å². The Bertz CT molecular complexity index is 358. The zero-order valence-electron chi connectivity index (χ0n) is 9.27. The Morgan fingerprint density at radius 2 is 2.31 bits per heavy atom. The summed E-state index contributed by atoms with van der Waals surface area (Å²) in [6.07, 6.45) is 1.54. The lowest BCUT2D eigenvalue weighted by Crippen LogP contribution is -2.32. The molecule has 2 heterocycles. The van der Waals surface area contributed by atoms with Gasteiger partial charge in [0.05, 0.1) is 13.4 Å². The molecule has 1 saturated heterocycles. The van der Waals surface area contributed by atoms with Gasteiger partial charge in [0.15, 0.2) is 0 Å². The van der Waals surface area contributed by atoms with Crippen LogP contribution in [0.3, 0.4) is 0 Å². The quantitative estimate of drug-likeness (QED) is 0.752. The Kier molecular flexibility index (Phi) is 3.90. The number of thioether (sulfide) groups is 1. The molecule has 0 bridgehead atoms. The second-order valence-electron chi connectivity index (χ2n) is 3.66. The zero-order valence-corrected chi connectivity index (χ0v) is 10.1. The highest BCUT2D eigenvalue weighted by atomic mass is 32.2. The lowest BCUT2D eigenvalue weighted by Gasteiger charge is -2.25. The van der Waals surface area contributed by atoms with Crippen LogP contribution in [0.5, 0.6) is 0 Å². The van der Waals surface area contributed by atoms with E-state index in [0.29, 0.717) is 5.76 Å². The zero-order chi connectivity index (χ0) is 11.4. The van der Waals surface area contributed by atoms with Crippen molar-refractivity contribution in [2.75, 3.05) is 31.7 Å². The Morgan fingerprint density at radius 3 is 3.00 bits per heavy atom. The van der Waals surface area contributed by atoms with Crippen LogP contribution in [-0.4, -0.2) is 42.6 Å². The van der Waals surface area contributed by atoms with Gasteiger partial charge in [-0.1, -0.05) is 0 Å². The molecule has 88 valence electrons. The maximum Gasteiger partial charge on any atom is 0.374 e. The van der Waals surface area contributed by atoms with Crippen molar-refractivity contribution in [3.8, 4) is 0 Å². The summed E-state index contributed by atoms with van der Waals surface area (Å²) in [6, 6.07) is 1.84. The van der Waals surface area contributed by atoms with E-state index in [2.05, 4.69) is 9.64 Å². The number of nitrogens with zero attached hydrogens (tertiary/aromatic N) is 1. The van der Waals surface area contributed by atoms with E-state index in [1.807, 2.05) is 17.8 Å². The van der Waals surface area contributed by atoms with Gasteiger partial charge in [0.1, 0.15) is 0 Å². The lowest BCUT2D eigenvalue weighted by molar-refractivity contribution is 0.0562. The first-order valence-electron chi connectivity index (χ1n) is 5.26. The van der Waals surface area contributed by atoms with Crippen LogP contribution in [0.1, 0.15) is 16.1 Å². The molecule has 1 aromatic heterocycles. The van der Waals surface area contributed by atoms with Crippen LogP contribution in [0, 0.1) is 0 Å². The predicted molar refractivity (Wildman–Crippen MR) is 62.6 cm³/mol. The molecule has 16 heavy (non-hydrogen) atoms. The van der Waals surface area contributed by atoms with Gasteiger partial charge in [0.25, 0.3) is 0 Å². The van der Waals surface area contributed by atoms with E-state index in [1.54, 1.807) is 6.26 Å². The van der Waals surface area contributed by atoms with Crippen LogP contribution in [0.25, 0.3) is 0 Å². The topological polar surface area (TPSA) is 42.7 Å². The smallest absolute Gasteiger partial charge is 0.374 e. The van der Waals surface area contributed by atoms with E-state index in [4.69, 9.17) is 4.42 Å². The SMILES string of the molecule is COC(=O)c1occc1CN1CCSCC1. The molecule has 2 rings (SSSR count). The monoisotopic (exact) mass is 241 g/mol. The van der Waals surface area contributed by atoms with Crippen LogP contribution in [-0.2, 0) is 11.3 Å². The molecule has 0 aliphatic carbocycles. The molecule has 1 aromatic rings. The third-order valence-corrected chi connectivity index (χ3v) is 3.56. The molecule has 0 atom stereocenters. The second kappa shape index (κ2) is 5.41. The summed E-state index contributed by atoms with van der Waals surface area (Å²) >= 11 is 1.97. The van der Waals surface area contributed by atoms with Crippen molar-refractivity contribution in [3.63, 3.8) is 0 Å². The molecule has 0 amide bonds. The van der Waals surface area contributed by atoms with Gasteiger partial charge in [-0.3, -0.25) is 4.90 Å². The summed E-state index contributed by atoms with van der Waals surface area (Å²) in [4.78, 5) is 13.7. The molecule has 4 nitrogen and oxygen atoms in total. The number of methoxy groups -OCH3 is 1. The van der Waals surface area contributed by atoms with Crippen molar-refractivity contribution in [3.05, 3.63) is 23.7 Å². The fourth-order valence-corrected chi connectivity index (χ4v) is 2.71. The van der Waals surface area contributed by atoms with Gasteiger partial charge in [-0.15, -0.1) is 0 Å². The molecule has 0 unspecified atom stereocenters. The number of hydrogen-bond acceptors (Lipinski definition) is 5. The minimum Gasteiger partial charge on any atom is -0.463 e. The number of hydrogen-bond donors (Lipinski definition) is 0. The molecule has 0 spiro atoms. The molecule has 0 saturated carbocycles. The highest BCUT2D eigenvalue weighted by molar-refractivity contribution is 7.99. The summed E-state index contributed by atoms with van der Waals surface area (Å²) in [7, 11) is 1.37. The van der Waals surface area contributed by atoms with E-state index in [1.165, 1.54) is 7.11 Å². The third kappa shape index (κ3) is 2.59. The number of carbonyl (C=O) groups is 1. The molecule has 5 heteroatoms. The Labute approximate surface area is 98.9 Å². The summed E-state index contributed by atoms with van der Waals surface area (Å²) in [5.74, 6) is 2.25. The molecule has 1 fully saturated rings. The van der Waals surface area contributed by atoms with Gasteiger partial charge in [-0.2, -0.15) is 11.8 Å². The van der Waals surface area contributed by atoms with Gasteiger partial charge in [0, 0.05) is 36.7 Å². The third-order valence-electron chi connectivity index (χ3n) is 2.62. The minimum absolute atomic E-state index is 0.334. The Balaban J connectivity index is 2.03. The van der Waals surface area contributed by atoms with Crippen LogP contribution in [0.4, 0.5) is 0 Å². The van der Waals surface area contributed by atoms with Crippen molar-refractivity contribution < 1.29 is 13.9 Å². The first kappa shape index (κ1) is 11.5. The summed E-state index contributed by atoms with van der Waals surface area (Å²) in [5.41, 5.74) is 0.916. The minimum atomic E-state index is -0.397. The van der Waals surface area contributed by atoms with Crippen LogP contribution < -0.4 is 0 Å². The van der Waals surface area contributed by atoms with Crippen molar-refractivity contribution in [1.29, 1.82) is 0 Å². The standard InChI is InChI=1S/C11H15NO3S/c1-14-11(13)10-9(2-5-15-10)8-12-3-6-16-7-4-12/h2,5H,3-4,6-8H2,1H3. The summed E-state index contributed by atoms with van der Waals surface area (Å²) in [5, 5.41) is 0. The Morgan fingerprint density at radius 1 is 1.56 bits per heavy atom. The van der Waals surface area contributed by atoms with E-state index >= 15 is 0 Å². The molecular formula is C11H15NO3S. The van der Waals surface area contributed by atoms with Crippen molar-refractivity contribution >= 4 is 17.7 Å². The maximum atomic E-state index is 11.4. The molecule has 0 N–H and O–H groups in total. The van der Waals surface area contributed by atoms with Crippen LogP contribution in [0.2, 0.25) is 0 Å². The predicted octanol–water partition coefficient (Wildman–Crippen LogP) is 1.61. The molecule has 1 aliphatic rings. The highest BCUT2D eigenvalue weighted by Crippen LogP contribution is 2.17. The Hall–Kier alpha value is -0.940. The van der Waals surface area contributed by atoms with Crippen LogP contribution >= 0.6 is 11.8 Å². The lowest BCUT2D eigenvalue weighted by atomic mass is 10.2. The number of furan rings is 1. The van der Waals surface area contributed by atoms with E-state index in [0.717, 1.165) is 36.7 Å². The average Bonchev–Trinajstić information content (AvgIpc) is 2.77. The van der Waals surface area contributed by atoms with Crippen molar-refractivity contribution in [2.24, 2.45) is 0 Å². The van der Waals surface area contributed by atoms with E-state index in [-0.39, 0.29) is 0 Å². The normalized spacial score (nSPS) is 17.3. The molecule has 1 aliphatic heterocycles. The van der Waals surface area contributed by atoms with Gasteiger partial charge in [-0.25, -0.2) is 4.79 Å². The number of rotatable bonds is 3. The van der Waals surface area contributed by atoms with Gasteiger partial charge in [-0.05, 0) is 6.07 Å². The fourth-order valence-electron chi connectivity index (χ4n) is 1.73. The fraction of sp³-hybridized carbons (Fsp3) is 0.545. The first-order valence-corrected chi connectivity index (χ1v) is 6.41. The first-order chi connectivity index (χ1) is 7.81. The van der Waals surface area contributed by atoms with E-state index < -0.39 is 5.97 Å². The van der Waals surface area contributed by atoms with Gasteiger partial charge < -0.3 is 9.15 Å². The van der Waals surface area contributed by atoms with Crippen molar-refractivity contribution in [1.82, 2.24) is 4.90 Å².